The van der Waals surface area contributed by atoms with E-state index in [1.807, 2.05) is 60.7 Å². The number of rotatable bonds is 7. The zero-order chi connectivity index (χ0) is 20.1. The predicted molar refractivity (Wildman–Crippen MR) is 116 cm³/mol. The number of para-hydroxylation sites is 1. The number of carbonyl (C=O) groups excluding carboxylic acids is 2. The maximum Gasteiger partial charge on any atom is 0.227 e. The summed E-state index contributed by atoms with van der Waals surface area (Å²) in [5.74, 6) is 0.703. The highest BCUT2D eigenvalue weighted by atomic mass is 32.2. The lowest BCUT2D eigenvalue weighted by molar-refractivity contribution is -0.117. The third-order valence-electron chi connectivity index (χ3n) is 4.57. The Labute approximate surface area is 177 Å². The molecule has 0 bridgehead atoms. The van der Waals surface area contributed by atoms with Crippen LogP contribution in [0.25, 0.3) is 0 Å². The predicted octanol–water partition coefficient (Wildman–Crippen LogP) is 4.18. The largest absolute Gasteiger partial charge is 0.312 e. The van der Waals surface area contributed by atoms with Crippen LogP contribution in [0.4, 0.5) is 10.8 Å². The molecule has 1 fully saturated rings. The van der Waals surface area contributed by atoms with Gasteiger partial charge in [-0.25, -0.2) is 0 Å². The zero-order valence-electron chi connectivity index (χ0n) is 15.7. The molecule has 2 amide bonds. The van der Waals surface area contributed by atoms with E-state index < -0.39 is 0 Å². The highest BCUT2D eigenvalue weighted by Gasteiger charge is 2.33. The molecule has 1 N–H and O–H groups in total. The minimum Gasteiger partial charge on any atom is -0.312 e. The molecule has 1 saturated heterocycles. The Morgan fingerprint density at radius 1 is 1.10 bits per heavy atom. The van der Waals surface area contributed by atoms with Crippen molar-refractivity contribution >= 4 is 45.7 Å². The molecule has 3 aromatic rings. The third-order valence-corrected chi connectivity index (χ3v) is 6.59. The average Bonchev–Trinajstić information content (AvgIpc) is 3.36. The van der Waals surface area contributed by atoms with Crippen LogP contribution in [-0.2, 0) is 9.59 Å². The van der Waals surface area contributed by atoms with Gasteiger partial charge in [0.2, 0.25) is 16.9 Å². The lowest BCUT2D eigenvalue weighted by Gasteiger charge is -2.15. The van der Waals surface area contributed by atoms with Crippen LogP contribution in [0, 0.1) is 0 Å². The third kappa shape index (κ3) is 5.02. The van der Waals surface area contributed by atoms with E-state index in [2.05, 4.69) is 15.5 Å². The van der Waals surface area contributed by atoms with Gasteiger partial charge in [-0.1, -0.05) is 47.7 Å². The molecule has 1 atom stereocenters. The zero-order valence-corrected chi connectivity index (χ0v) is 17.3. The van der Waals surface area contributed by atoms with Gasteiger partial charge in [0.25, 0.3) is 0 Å². The average molecular weight is 425 g/mol. The molecule has 4 rings (SSSR count). The lowest BCUT2D eigenvalue weighted by atomic mass is 10.1. The topological polar surface area (TPSA) is 75.2 Å². The van der Waals surface area contributed by atoms with Crippen LogP contribution in [0.2, 0.25) is 0 Å². The first-order valence-corrected chi connectivity index (χ1v) is 11.2. The molecule has 0 saturated carbocycles. The van der Waals surface area contributed by atoms with Crippen LogP contribution in [0.3, 0.4) is 0 Å². The van der Waals surface area contributed by atoms with Gasteiger partial charge in [-0.15, -0.1) is 22.0 Å². The number of nitrogens with one attached hydrogen (secondary N) is 1. The molecule has 0 aliphatic carbocycles. The molecule has 6 nitrogen and oxygen atoms in total. The van der Waals surface area contributed by atoms with Gasteiger partial charge in [0, 0.05) is 41.6 Å². The summed E-state index contributed by atoms with van der Waals surface area (Å²) in [5, 5.41) is 12.4. The van der Waals surface area contributed by atoms with Gasteiger partial charge in [0.15, 0.2) is 0 Å². The fourth-order valence-electron chi connectivity index (χ4n) is 3.14. The molecule has 2 heterocycles. The Balaban J connectivity index is 1.29. The molecule has 1 aromatic heterocycles. The Morgan fingerprint density at radius 2 is 1.83 bits per heavy atom. The van der Waals surface area contributed by atoms with Gasteiger partial charge < -0.3 is 10.2 Å². The van der Waals surface area contributed by atoms with E-state index in [4.69, 9.17) is 0 Å². The highest BCUT2D eigenvalue weighted by molar-refractivity contribution is 7.99. The van der Waals surface area contributed by atoms with Gasteiger partial charge in [-0.2, -0.15) is 0 Å². The molecular formula is C21H20N4O2S2. The van der Waals surface area contributed by atoms with Crippen LogP contribution >= 0.6 is 23.1 Å². The summed E-state index contributed by atoms with van der Waals surface area (Å²) in [6.07, 6.45) is 0.809. The van der Waals surface area contributed by atoms with Crippen LogP contribution < -0.4 is 10.2 Å². The van der Waals surface area contributed by atoms with E-state index in [0.29, 0.717) is 30.3 Å². The van der Waals surface area contributed by atoms with Crippen molar-refractivity contribution in [2.45, 2.75) is 23.7 Å². The van der Waals surface area contributed by atoms with Crippen molar-refractivity contribution in [1.29, 1.82) is 0 Å². The van der Waals surface area contributed by atoms with Crippen LogP contribution in [-0.4, -0.2) is 34.3 Å². The molecule has 0 unspecified atom stereocenters. The lowest BCUT2D eigenvalue weighted by Crippen LogP contribution is -2.24. The molecule has 0 spiro atoms. The number of benzene rings is 2. The molecule has 29 heavy (non-hydrogen) atoms. The van der Waals surface area contributed by atoms with Crippen LogP contribution in [0.15, 0.2) is 65.6 Å². The maximum absolute atomic E-state index is 12.4. The number of anilines is 2. The first kappa shape index (κ1) is 19.6. The SMILES string of the molecule is O=C(CCSc1ccccc1)Nc1nnc([C@H]2CC(=O)N(c3ccccc3)C2)s1. The van der Waals surface area contributed by atoms with Crippen molar-refractivity contribution in [3.8, 4) is 0 Å². The summed E-state index contributed by atoms with van der Waals surface area (Å²) in [7, 11) is 0. The van der Waals surface area contributed by atoms with Crippen molar-refractivity contribution in [3.05, 3.63) is 65.7 Å². The molecule has 2 aromatic carbocycles. The number of nitrogens with zero attached hydrogens (tertiary/aromatic N) is 3. The monoisotopic (exact) mass is 424 g/mol. The Kier molecular flexibility index (Phi) is 6.21. The fourth-order valence-corrected chi connectivity index (χ4v) is 4.86. The molecular weight excluding hydrogens is 404 g/mol. The first-order chi connectivity index (χ1) is 14.2. The van der Waals surface area contributed by atoms with E-state index in [0.717, 1.165) is 15.6 Å². The molecule has 0 radical (unpaired) electrons. The van der Waals surface area contributed by atoms with Crippen molar-refractivity contribution < 1.29 is 9.59 Å². The molecule has 1 aliphatic rings. The summed E-state index contributed by atoms with van der Waals surface area (Å²) in [6.45, 7) is 0.582. The summed E-state index contributed by atoms with van der Waals surface area (Å²) >= 11 is 2.99. The van der Waals surface area contributed by atoms with Gasteiger partial charge >= 0.3 is 0 Å². The minimum atomic E-state index is -0.0791. The number of amides is 2. The van der Waals surface area contributed by atoms with Crippen molar-refractivity contribution in [1.82, 2.24) is 10.2 Å². The van der Waals surface area contributed by atoms with Crippen LogP contribution in [0.5, 0.6) is 0 Å². The molecule has 148 valence electrons. The summed E-state index contributed by atoms with van der Waals surface area (Å²) in [5.41, 5.74) is 0.897. The Hall–Kier alpha value is -2.71. The summed E-state index contributed by atoms with van der Waals surface area (Å²) in [6, 6.07) is 19.6. The minimum absolute atomic E-state index is 0.000468. The standard InChI is InChI=1S/C21H20N4O2S2/c26-18(11-12-28-17-9-5-2-6-10-17)22-21-24-23-20(29-21)15-13-19(27)25(14-15)16-7-3-1-4-8-16/h1-10,15H,11-14H2,(H,22,24,26)/t15-/m0/s1. The first-order valence-electron chi connectivity index (χ1n) is 9.35. The van der Waals surface area contributed by atoms with E-state index >= 15 is 0 Å². The second kappa shape index (κ2) is 9.19. The van der Waals surface area contributed by atoms with Crippen LogP contribution in [0.1, 0.15) is 23.8 Å². The fraction of sp³-hybridized carbons (Fsp3) is 0.238. The Bertz CT molecular complexity index is 979. The van der Waals surface area contributed by atoms with E-state index in [9.17, 15) is 9.59 Å². The van der Waals surface area contributed by atoms with Crippen molar-refractivity contribution in [2.24, 2.45) is 0 Å². The van der Waals surface area contributed by atoms with Gasteiger partial charge in [-0.05, 0) is 24.3 Å². The van der Waals surface area contributed by atoms with Gasteiger partial charge in [0.1, 0.15) is 5.01 Å². The number of carbonyl (C=O) groups is 2. The summed E-state index contributed by atoms with van der Waals surface area (Å²) in [4.78, 5) is 27.5. The Morgan fingerprint density at radius 3 is 2.59 bits per heavy atom. The smallest absolute Gasteiger partial charge is 0.227 e. The number of aromatic nitrogens is 2. The number of hydrogen-bond acceptors (Lipinski definition) is 6. The molecule has 1 aliphatic heterocycles. The van der Waals surface area contributed by atoms with E-state index in [1.165, 1.54) is 11.3 Å². The van der Waals surface area contributed by atoms with Crippen molar-refractivity contribution in [3.63, 3.8) is 0 Å². The van der Waals surface area contributed by atoms with Gasteiger partial charge in [-0.3, -0.25) is 9.59 Å². The normalized spacial score (nSPS) is 16.2. The van der Waals surface area contributed by atoms with E-state index in [1.54, 1.807) is 16.7 Å². The second-order valence-corrected chi connectivity index (χ2v) is 8.82. The van der Waals surface area contributed by atoms with Gasteiger partial charge in [0.05, 0.1) is 0 Å². The highest BCUT2D eigenvalue weighted by Crippen LogP contribution is 2.34. The van der Waals surface area contributed by atoms with E-state index in [-0.39, 0.29) is 17.7 Å². The summed E-state index contributed by atoms with van der Waals surface area (Å²) < 4.78 is 0. The number of thioether (sulfide) groups is 1. The quantitative estimate of drug-likeness (QED) is 0.576. The molecule has 8 heteroatoms. The maximum atomic E-state index is 12.4. The second-order valence-electron chi connectivity index (χ2n) is 6.65. The number of hydrogen-bond donors (Lipinski definition) is 1. The van der Waals surface area contributed by atoms with Crippen molar-refractivity contribution in [2.75, 3.05) is 22.5 Å².